The molecule has 1 aliphatic heterocycles. The summed E-state index contributed by atoms with van der Waals surface area (Å²) in [5, 5.41) is 0. The monoisotopic (exact) mass is 260 g/mol. The Morgan fingerprint density at radius 1 is 1.42 bits per heavy atom. The highest BCUT2D eigenvalue weighted by Crippen LogP contribution is 2.28. The highest BCUT2D eigenvalue weighted by atomic mass is 16.5. The maximum absolute atomic E-state index is 11.5. The molecule has 0 atom stereocenters. The van der Waals surface area contributed by atoms with Crippen molar-refractivity contribution in [3.05, 3.63) is 41.9 Å². The Labute approximate surface area is 114 Å². The minimum absolute atomic E-state index is 0.374. The Morgan fingerprint density at radius 2 is 2.11 bits per heavy atom. The molecule has 4 nitrogen and oxygen atoms in total. The van der Waals surface area contributed by atoms with Crippen LogP contribution in [-0.4, -0.2) is 36.1 Å². The number of likely N-dealkylation sites (tertiary alicyclic amines) is 1. The number of rotatable bonds is 3. The van der Waals surface area contributed by atoms with E-state index in [1.54, 1.807) is 6.07 Å². The van der Waals surface area contributed by atoms with E-state index in [2.05, 4.69) is 16.5 Å². The van der Waals surface area contributed by atoms with E-state index in [4.69, 9.17) is 4.74 Å². The van der Waals surface area contributed by atoms with Crippen LogP contribution in [-0.2, 0) is 4.74 Å². The number of hydrogen-bond donors (Lipinski definition) is 0. The number of allylic oxidation sites excluding steroid dienone is 1. The van der Waals surface area contributed by atoms with Crippen molar-refractivity contribution in [1.29, 1.82) is 0 Å². The van der Waals surface area contributed by atoms with Crippen LogP contribution in [0.2, 0.25) is 0 Å². The first-order chi connectivity index (χ1) is 9.11. The van der Waals surface area contributed by atoms with Crippen LogP contribution in [0, 0.1) is 0 Å². The average Bonchev–Trinajstić information content (AvgIpc) is 2.46. The number of esters is 1. The van der Waals surface area contributed by atoms with E-state index in [0.717, 1.165) is 37.3 Å². The minimum atomic E-state index is -0.374. The van der Waals surface area contributed by atoms with Crippen molar-refractivity contribution in [3.63, 3.8) is 0 Å². The van der Waals surface area contributed by atoms with Crippen molar-refractivity contribution in [1.82, 2.24) is 9.88 Å². The molecule has 1 aromatic rings. The van der Waals surface area contributed by atoms with Gasteiger partial charge in [0.2, 0.25) is 0 Å². The fourth-order valence-electron chi connectivity index (χ4n) is 2.45. The van der Waals surface area contributed by atoms with E-state index in [0.29, 0.717) is 11.6 Å². The number of methoxy groups -OCH3 is 1. The SMILES string of the molecule is C=C(C)N1CCC(c2cccc(C(=O)OC)n2)CC1. The molecule has 4 heteroatoms. The molecule has 1 saturated heterocycles. The topological polar surface area (TPSA) is 42.4 Å². The van der Waals surface area contributed by atoms with Crippen molar-refractivity contribution >= 4 is 5.97 Å². The molecule has 0 aliphatic carbocycles. The summed E-state index contributed by atoms with van der Waals surface area (Å²) < 4.78 is 4.71. The van der Waals surface area contributed by atoms with Crippen molar-refractivity contribution in [3.8, 4) is 0 Å². The van der Waals surface area contributed by atoms with Gasteiger partial charge in [0.15, 0.2) is 0 Å². The Morgan fingerprint density at radius 3 is 2.68 bits per heavy atom. The van der Waals surface area contributed by atoms with Gasteiger partial charge < -0.3 is 9.64 Å². The van der Waals surface area contributed by atoms with Gasteiger partial charge in [-0.25, -0.2) is 9.78 Å². The number of carbonyl (C=O) groups is 1. The lowest BCUT2D eigenvalue weighted by molar-refractivity contribution is 0.0593. The third-order valence-electron chi connectivity index (χ3n) is 3.62. The van der Waals surface area contributed by atoms with Crippen molar-refractivity contribution in [2.45, 2.75) is 25.7 Å². The molecule has 2 rings (SSSR count). The van der Waals surface area contributed by atoms with E-state index in [1.807, 2.05) is 19.1 Å². The molecule has 0 aromatic carbocycles. The van der Waals surface area contributed by atoms with E-state index in [9.17, 15) is 4.79 Å². The molecule has 1 fully saturated rings. The summed E-state index contributed by atoms with van der Waals surface area (Å²) in [4.78, 5) is 18.2. The number of pyridine rings is 1. The van der Waals surface area contributed by atoms with Crippen LogP contribution < -0.4 is 0 Å². The van der Waals surface area contributed by atoms with Gasteiger partial charge in [0.25, 0.3) is 0 Å². The summed E-state index contributed by atoms with van der Waals surface area (Å²) in [6.07, 6.45) is 2.09. The van der Waals surface area contributed by atoms with Gasteiger partial charge in [0, 0.05) is 30.4 Å². The molecule has 2 heterocycles. The number of nitrogens with zero attached hydrogens (tertiary/aromatic N) is 2. The van der Waals surface area contributed by atoms with E-state index < -0.39 is 0 Å². The molecular weight excluding hydrogens is 240 g/mol. The van der Waals surface area contributed by atoms with Gasteiger partial charge in [0.05, 0.1) is 7.11 Å². The molecule has 102 valence electrons. The highest BCUT2D eigenvalue weighted by molar-refractivity contribution is 5.87. The first-order valence-electron chi connectivity index (χ1n) is 6.57. The third-order valence-corrected chi connectivity index (χ3v) is 3.62. The van der Waals surface area contributed by atoms with Crippen molar-refractivity contribution in [2.75, 3.05) is 20.2 Å². The van der Waals surface area contributed by atoms with Gasteiger partial charge in [-0.3, -0.25) is 0 Å². The first-order valence-corrected chi connectivity index (χ1v) is 6.57. The largest absolute Gasteiger partial charge is 0.464 e. The number of ether oxygens (including phenoxy) is 1. The number of hydrogen-bond acceptors (Lipinski definition) is 4. The highest BCUT2D eigenvalue weighted by Gasteiger charge is 2.22. The fraction of sp³-hybridized carbons (Fsp3) is 0.467. The second-order valence-electron chi connectivity index (χ2n) is 4.94. The Balaban J connectivity index is 2.07. The maximum Gasteiger partial charge on any atom is 0.356 e. The lowest BCUT2D eigenvalue weighted by Gasteiger charge is -2.33. The molecular formula is C15H20N2O2. The summed E-state index contributed by atoms with van der Waals surface area (Å²) in [5.74, 6) is 0.0430. The van der Waals surface area contributed by atoms with Gasteiger partial charge in [-0.05, 0) is 31.9 Å². The van der Waals surface area contributed by atoms with Crippen LogP contribution in [0.3, 0.4) is 0 Å². The summed E-state index contributed by atoms with van der Waals surface area (Å²) in [5.41, 5.74) is 2.50. The number of aromatic nitrogens is 1. The van der Waals surface area contributed by atoms with Crippen LogP contribution in [0.1, 0.15) is 41.9 Å². The van der Waals surface area contributed by atoms with Crippen molar-refractivity contribution < 1.29 is 9.53 Å². The molecule has 0 bridgehead atoms. The van der Waals surface area contributed by atoms with Gasteiger partial charge in [-0.1, -0.05) is 12.6 Å². The zero-order chi connectivity index (χ0) is 13.8. The minimum Gasteiger partial charge on any atom is -0.464 e. The number of piperidine rings is 1. The molecule has 0 amide bonds. The standard InChI is InChI=1S/C15H20N2O2/c1-11(2)17-9-7-12(8-10-17)13-5-4-6-14(16-13)15(18)19-3/h4-6,12H,1,7-10H2,2-3H3. The predicted octanol–water partition coefficient (Wildman–Crippen LogP) is 2.58. The molecule has 0 spiro atoms. The Hall–Kier alpha value is -1.84. The van der Waals surface area contributed by atoms with Crippen LogP contribution >= 0.6 is 0 Å². The zero-order valence-electron chi connectivity index (χ0n) is 11.6. The normalized spacial score (nSPS) is 16.2. The molecule has 0 N–H and O–H groups in total. The molecule has 19 heavy (non-hydrogen) atoms. The Bertz CT molecular complexity index is 477. The molecule has 1 aliphatic rings. The van der Waals surface area contributed by atoms with Gasteiger partial charge >= 0.3 is 5.97 Å². The van der Waals surface area contributed by atoms with Gasteiger partial charge in [0.1, 0.15) is 5.69 Å². The van der Waals surface area contributed by atoms with E-state index in [-0.39, 0.29) is 5.97 Å². The Kier molecular flexibility index (Phi) is 4.20. The molecule has 1 aromatic heterocycles. The number of carbonyl (C=O) groups excluding carboxylic acids is 1. The second kappa shape index (κ2) is 5.87. The predicted molar refractivity (Wildman–Crippen MR) is 73.9 cm³/mol. The van der Waals surface area contributed by atoms with Crippen molar-refractivity contribution in [2.24, 2.45) is 0 Å². The van der Waals surface area contributed by atoms with Gasteiger partial charge in [-0.15, -0.1) is 0 Å². The van der Waals surface area contributed by atoms with E-state index >= 15 is 0 Å². The lowest BCUT2D eigenvalue weighted by atomic mass is 9.92. The molecule has 0 radical (unpaired) electrons. The summed E-state index contributed by atoms with van der Waals surface area (Å²) in [6, 6.07) is 5.56. The second-order valence-corrected chi connectivity index (χ2v) is 4.94. The summed E-state index contributed by atoms with van der Waals surface area (Å²) in [7, 11) is 1.38. The first kappa shape index (κ1) is 13.6. The van der Waals surface area contributed by atoms with Crippen LogP contribution in [0.25, 0.3) is 0 Å². The third kappa shape index (κ3) is 3.13. The van der Waals surface area contributed by atoms with Crippen LogP contribution in [0.5, 0.6) is 0 Å². The summed E-state index contributed by atoms with van der Waals surface area (Å²) >= 11 is 0. The van der Waals surface area contributed by atoms with Crippen LogP contribution in [0.4, 0.5) is 0 Å². The maximum atomic E-state index is 11.5. The van der Waals surface area contributed by atoms with Crippen LogP contribution in [0.15, 0.2) is 30.5 Å². The quantitative estimate of drug-likeness (QED) is 0.783. The summed E-state index contributed by atoms with van der Waals surface area (Å²) in [6.45, 7) is 8.02. The van der Waals surface area contributed by atoms with Gasteiger partial charge in [-0.2, -0.15) is 0 Å². The lowest BCUT2D eigenvalue weighted by Crippen LogP contribution is -2.31. The average molecular weight is 260 g/mol. The fourth-order valence-corrected chi connectivity index (χ4v) is 2.45. The zero-order valence-corrected chi connectivity index (χ0v) is 11.6. The molecule has 0 unspecified atom stereocenters. The smallest absolute Gasteiger partial charge is 0.356 e. The van der Waals surface area contributed by atoms with E-state index in [1.165, 1.54) is 7.11 Å². The molecule has 0 saturated carbocycles.